The van der Waals surface area contributed by atoms with Gasteiger partial charge in [0.15, 0.2) is 0 Å². The third-order valence-corrected chi connectivity index (χ3v) is 6.11. The van der Waals surface area contributed by atoms with Gasteiger partial charge in [0.05, 0.1) is 8.12 Å². The number of rotatable bonds is 4. The zero-order valence-electron chi connectivity index (χ0n) is 9.59. The quantitative estimate of drug-likeness (QED) is 0.814. The van der Waals surface area contributed by atoms with Gasteiger partial charge in [-0.3, -0.25) is 0 Å². The van der Waals surface area contributed by atoms with Gasteiger partial charge in [0.2, 0.25) is 0 Å². The Morgan fingerprint density at radius 1 is 1.41 bits per heavy atom. The van der Waals surface area contributed by atoms with Crippen LogP contribution in [0.2, 0.25) is 4.34 Å². The molecule has 0 aliphatic heterocycles. The fourth-order valence-electron chi connectivity index (χ4n) is 1.66. The normalized spacial score (nSPS) is 12.9. The molecule has 0 aromatic carbocycles. The van der Waals surface area contributed by atoms with Gasteiger partial charge in [-0.15, -0.1) is 22.7 Å². The molecule has 2 aromatic rings. The molecule has 0 bridgehead atoms. The van der Waals surface area contributed by atoms with Crippen LogP contribution in [0.1, 0.15) is 21.4 Å². The molecule has 5 heteroatoms. The minimum atomic E-state index is 0.361. The van der Waals surface area contributed by atoms with E-state index in [1.54, 1.807) is 22.7 Å². The monoisotopic (exact) mass is 349 g/mol. The Morgan fingerprint density at radius 3 is 2.65 bits per heavy atom. The zero-order valence-corrected chi connectivity index (χ0v) is 13.6. The highest BCUT2D eigenvalue weighted by Crippen LogP contribution is 2.34. The molecule has 0 fully saturated rings. The van der Waals surface area contributed by atoms with E-state index in [2.05, 4.69) is 40.3 Å². The van der Waals surface area contributed by atoms with Crippen LogP contribution in [0.4, 0.5) is 0 Å². The lowest BCUT2D eigenvalue weighted by molar-refractivity contribution is 0.606. The smallest absolute Gasteiger partial charge is 0.0931 e. The number of aryl methyl sites for hydroxylation is 1. The van der Waals surface area contributed by atoms with Gasteiger partial charge in [0.1, 0.15) is 0 Å². The Kier molecular flexibility index (Phi) is 4.66. The van der Waals surface area contributed by atoms with Gasteiger partial charge in [-0.25, -0.2) is 0 Å². The van der Waals surface area contributed by atoms with Gasteiger partial charge in [0, 0.05) is 22.2 Å². The van der Waals surface area contributed by atoms with E-state index in [4.69, 9.17) is 11.6 Å². The average molecular weight is 351 g/mol. The fourth-order valence-corrected chi connectivity index (χ4v) is 4.48. The summed E-state index contributed by atoms with van der Waals surface area (Å²) in [5.41, 5.74) is 1.30. The Bertz CT molecular complexity index is 487. The predicted octanol–water partition coefficient (Wildman–Crippen LogP) is 5.04. The standard InChI is InChI=1S/C12H13BrClNS2/c1-7-5-10(17-12(7)13)9(15-2)6-8-3-4-11(14)16-8/h3-5,9,15H,6H2,1-2H3. The number of likely N-dealkylation sites (N-methyl/N-ethyl adjacent to an activating group) is 1. The van der Waals surface area contributed by atoms with E-state index in [-0.39, 0.29) is 0 Å². The molecule has 2 aromatic heterocycles. The summed E-state index contributed by atoms with van der Waals surface area (Å²) in [5.74, 6) is 0. The first-order chi connectivity index (χ1) is 8.10. The summed E-state index contributed by atoms with van der Waals surface area (Å²) in [7, 11) is 2.00. The van der Waals surface area contributed by atoms with Crippen LogP contribution in [0.3, 0.4) is 0 Å². The van der Waals surface area contributed by atoms with Crippen LogP contribution < -0.4 is 5.32 Å². The van der Waals surface area contributed by atoms with Crippen LogP contribution in [-0.2, 0) is 6.42 Å². The largest absolute Gasteiger partial charge is 0.312 e. The van der Waals surface area contributed by atoms with Crippen LogP contribution >= 0.6 is 50.2 Å². The van der Waals surface area contributed by atoms with Crippen molar-refractivity contribution in [3.8, 4) is 0 Å². The molecule has 0 saturated carbocycles. The van der Waals surface area contributed by atoms with Crippen LogP contribution in [0.15, 0.2) is 22.0 Å². The zero-order chi connectivity index (χ0) is 12.4. The number of hydrogen-bond donors (Lipinski definition) is 1. The maximum absolute atomic E-state index is 5.96. The molecule has 2 rings (SSSR count). The summed E-state index contributed by atoms with van der Waals surface area (Å²) in [6.07, 6.45) is 0.986. The first-order valence-corrected chi connectivity index (χ1v) is 8.08. The highest BCUT2D eigenvalue weighted by atomic mass is 79.9. The van der Waals surface area contributed by atoms with Gasteiger partial charge in [0.25, 0.3) is 0 Å². The van der Waals surface area contributed by atoms with Gasteiger partial charge in [-0.1, -0.05) is 11.6 Å². The third kappa shape index (κ3) is 3.32. The van der Waals surface area contributed by atoms with Crippen molar-refractivity contribution in [2.75, 3.05) is 7.05 Å². The lowest BCUT2D eigenvalue weighted by atomic mass is 10.1. The van der Waals surface area contributed by atoms with E-state index < -0.39 is 0 Å². The van der Waals surface area contributed by atoms with E-state index in [0.717, 1.165) is 10.8 Å². The first-order valence-electron chi connectivity index (χ1n) is 5.27. The van der Waals surface area contributed by atoms with Crippen LogP contribution in [0.25, 0.3) is 0 Å². The van der Waals surface area contributed by atoms with Crippen molar-refractivity contribution in [2.45, 2.75) is 19.4 Å². The molecule has 0 spiro atoms. The number of halogens is 2. The van der Waals surface area contributed by atoms with Crippen molar-refractivity contribution in [1.82, 2.24) is 5.32 Å². The number of hydrogen-bond acceptors (Lipinski definition) is 3. The Hall–Kier alpha value is 0.130. The first kappa shape index (κ1) is 13.6. The molecule has 92 valence electrons. The van der Waals surface area contributed by atoms with Crippen molar-refractivity contribution in [2.24, 2.45) is 0 Å². The van der Waals surface area contributed by atoms with Crippen molar-refractivity contribution in [3.63, 3.8) is 0 Å². The summed E-state index contributed by atoms with van der Waals surface area (Å²) in [6, 6.07) is 6.67. The van der Waals surface area contributed by atoms with E-state index in [1.165, 1.54) is 19.1 Å². The maximum Gasteiger partial charge on any atom is 0.0931 e. The Labute approximate surface area is 123 Å². The molecule has 0 aliphatic carbocycles. The molecule has 0 aliphatic rings. The van der Waals surface area contributed by atoms with E-state index >= 15 is 0 Å². The van der Waals surface area contributed by atoms with Crippen molar-refractivity contribution < 1.29 is 0 Å². The van der Waals surface area contributed by atoms with Crippen molar-refractivity contribution in [3.05, 3.63) is 41.6 Å². The molecule has 1 unspecified atom stereocenters. The van der Waals surface area contributed by atoms with Crippen LogP contribution in [0.5, 0.6) is 0 Å². The average Bonchev–Trinajstić information content (AvgIpc) is 2.83. The van der Waals surface area contributed by atoms with Crippen LogP contribution in [0, 0.1) is 6.92 Å². The Morgan fingerprint density at radius 2 is 2.18 bits per heavy atom. The topological polar surface area (TPSA) is 12.0 Å². The molecule has 0 saturated heterocycles. The summed E-state index contributed by atoms with van der Waals surface area (Å²) < 4.78 is 2.08. The van der Waals surface area contributed by atoms with Gasteiger partial charge < -0.3 is 5.32 Å². The lowest BCUT2D eigenvalue weighted by Crippen LogP contribution is -2.17. The summed E-state index contributed by atoms with van der Waals surface area (Å²) in [4.78, 5) is 2.68. The van der Waals surface area contributed by atoms with E-state index in [0.29, 0.717) is 6.04 Å². The van der Waals surface area contributed by atoms with Crippen LogP contribution in [-0.4, -0.2) is 7.05 Å². The van der Waals surface area contributed by atoms with Crippen molar-refractivity contribution >= 4 is 50.2 Å². The fraction of sp³-hybridized carbons (Fsp3) is 0.333. The van der Waals surface area contributed by atoms with Gasteiger partial charge in [-0.2, -0.15) is 0 Å². The molecule has 1 atom stereocenters. The maximum atomic E-state index is 5.96. The third-order valence-electron chi connectivity index (χ3n) is 2.60. The number of nitrogens with one attached hydrogen (secondary N) is 1. The molecular formula is C12H13BrClNS2. The highest BCUT2D eigenvalue weighted by molar-refractivity contribution is 9.11. The predicted molar refractivity (Wildman–Crippen MR) is 81.6 cm³/mol. The minimum Gasteiger partial charge on any atom is -0.312 e. The molecule has 1 nitrogen and oxygen atoms in total. The molecule has 2 heterocycles. The molecule has 0 amide bonds. The Balaban J connectivity index is 2.16. The molecule has 1 N–H and O–H groups in total. The molecule has 0 radical (unpaired) electrons. The van der Waals surface area contributed by atoms with E-state index in [9.17, 15) is 0 Å². The number of thiophene rings is 2. The highest BCUT2D eigenvalue weighted by Gasteiger charge is 2.15. The lowest BCUT2D eigenvalue weighted by Gasteiger charge is -2.13. The summed E-state index contributed by atoms with van der Waals surface area (Å²) in [6.45, 7) is 2.12. The second kappa shape index (κ2) is 5.85. The van der Waals surface area contributed by atoms with E-state index in [1.807, 2.05) is 13.1 Å². The van der Waals surface area contributed by atoms with Gasteiger partial charge >= 0.3 is 0 Å². The second-order valence-corrected chi connectivity index (χ2v) is 8.06. The van der Waals surface area contributed by atoms with Crippen molar-refractivity contribution in [1.29, 1.82) is 0 Å². The molecule has 17 heavy (non-hydrogen) atoms. The SMILES string of the molecule is CNC(Cc1ccc(Cl)s1)c1cc(C)c(Br)s1. The molecular weight excluding hydrogens is 338 g/mol. The summed E-state index contributed by atoms with van der Waals surface area (Å²) in [5, 5.41) is 3.37. The second-order valence-electron chi connectivity index (χ2n) is 3.86. The van der Waals surface area contributed by atoms with Gasteiger partial charge in [-0.05, 0) is 53.7 Å². The summed E-state index contributed by atoms with van der Waals surface area (Å²) >= 11 is 13.0. The minimum absolute atomic E-state index is 0.361.